The van der Waals surface area contributed by atoms with Crippen LogP contribution in [0.5, 0.6) is 0 Å². The van der Waals surface area contributed by atoms with E-state index in [9.17, 15) is 16.8 Å². The molecule has 2 aromatic carbocycles. The van der Waals surface area contributed by atoms with Crippen LogP contribution in [-0.4, -0.2) is 27.9 Å². The average Bonchev–Trinajstić information content (AvgIpc) is 3.61. The van der Waals surface area contributed by atoms with Gasteiger partial charge in [-0.1, -0.05) is 37.1 Å². The van der Waals surface area contributed by atoms with Crippen LogP contribution in [0.3, 0.4) is 0 Å². The molecule has 0 amide bonds. The van der Waals surface area contributed by atoms with Crippen molar-refractivity contribution in [1.29, 1.82) is 0 Å². The van der Waals surface area contributed by atoms with Crippen LogP contribution in [0.25, 0.3) is 0 Å². The lowest BCUT2D eigenvalue weighted by molar-refractivity contribution is 0.461. The molecule has 1 atom stereocenters. The molecule has 0 radical (unpaired) electrons. The van der Waals surface area contributed by atoms with Gasteiger partial charge in [-0.2, -0.15) is 0 Å². The summed E-state index contributed by atoms with van der Waals surface area (Å²) in [6.45, 7) is 2.08. The molecule has 2 aliphatic rings. The van der Waals surface area contributed by atoms with Crippen molar-refractivity contribution in [2.75, 3.05) is 0 Å². The number of nitrogens with one attached hydrogen (secondary N) is 1. The molecule has 8 heteroatoms. The first-order valence-corrected chi connectivity index (χ1v) is 15.1. The average molecular weight is 511 g/mol. The van der Waals surface area contributed by atoms with Crippen molar-refractivity contribution in [1.82, 2.24) is 10.3 Å². The predicted octanol–water partition coefficient (Wildman–Crippen LogP) is 5.22. The van der Waals surface area contributed by atoms with Crippen molar-refractivity contribution in [3.63, 3.8) is 0 Å². The molecule has 0 spiro atoms. The Hall–Kier alpha value is -2.55. The second-order valence-corrected chi connectivity index (χ2v) is 13.4. The van der Waals surface area contributed by atoms with Gasteiger partial charge < -0.3 is 5.32 Å². The van der Waals surface area contributed by atoms with Gasteiger partial charge in [0.25, 0.3) is 0 Å². The highest BCUT2D eigenvalue weighted by molar-refractivity contribution is 7.94. The van der Waals surface area contributed by atoms with Crippen LogP contribution < -0.4 is 5.32 Å². The summed E-state index contributed by atoms with van der Waals surface area (Å²) >= 11 is 0. The SMILES string of the molecule is CC(NC1CCCC1)c1ccc(S(=O)(=O)c2ccc(C3CC3)cc2S(=O)(=O)c2ccccn2)cc1. The molecule has 1 unspecified atom stereocenters. The third-order valence-corrected chi connectivity index (χ3v) is 10.7. The summed E-state index contributed by atoms with van der Waals surface area (Å²) in [4.78, 5) is 3.65. The Labute approximate surface area is 207 Å². The molecular formula is C27H30N2O4S2. The van der Waals surface area contributed by atoms with Gasteiger partial charge >= 0.3 is 0 Å². The molecule has 0 bridgehead atoms. The lowest BCUT2D eigenvalue weighted by Crippen LogP contribution is -2.28. The maximum absolute atomic E-state index is 13.7. The molecule has 1 N–H and O–H groups in total. The smallest absolute Gasteiger partial charge is 0.225 e. The van der Waals surface area contributed by atoms with Crippen molar-refractivity contribution in [2.45, 2.75) is 83.2 Å². The second kappa shape index (κ2) is 9.48. The lowest BCUT2D eigenvalue weighted by atomic mass is 10.1. The van der Waals surface area contributed by atoms with E-state index in [1.807, 2.05) is 12.1 Å². The largest absolute Gasteiger partial charge is 0.307 e. The molecule has 1 heterocycles. The minimum atomic E-state index is -4.12. The molecule has 184 valence electrons. The minimum absolute atomic E-state index is 0.0750. The maximum Gasteiger partial charge on any atom is 0.225 e. The molecule has 2 aliphatic carbocycles. The molecule has 0 aliphatic heterocycles. The Bertz CT molecular complexity index is 1410. The van der Waals surface area contributed by atoms with E-state index >= 15 is 0 Å². The number of pyridine rings is 1. The summed E-state index contributed by atoms with van der Waals surface area (Å²) in [6.07, 6.45) is 8.16. The lowest BCUT2D eigenvalue weighted by Gasteiger charge is -2.20. The Kier molecular flexibility index (Phi) is 6.55. The van der Waals surface area contributed by atoms with Gasteiger partial charge in [-0.05, 0) is 86.1 Å². The molecule has 35 heavy (non-hydrogen) atoms. The topological polar surface area (TPSA) is 93.2 Å². The Morgan fingerprint density at radius 1 is 0.829 bits per heavy atom. The second-order valence-electron chi connectivity index (χ2n) is 9.59. The van der Waals surface area contributed by atoms with Crippen molar-refractivity contribution in [3.05, 3.63) is 78.0 Å². The number of hydrogen-bond donors (Lipinski definition) is 1. The summed E-state index contributed by atoms with van der Waals surface area (Å²) in [7, 11) is -8.20. The third kappa shape index (κ3) is 4.92. The molecule has 6 nitrogen and oxygen atoms in total. The highest BCUT2D eigenvalue weighted by Gasteiger charge is 2.33. The van der Waals surface area contributed by atoms with Crippen molar-refractivity contribution in [2.24, 2.45) is 0 Å². The molecular weight excluding hydrogens is 480 g/mol. The third-order valence-electron chi connectivity index (χ3n) is 7.04. The normalized spacial score (nSPS) is 18.0. The Balaban J connectivity index is 1.51. The van der Waals surface area contributed by atoms with Crippen molar-refractivity contribution >= 4 is 19.7 Å². The Morgan fingerprint density at radius 3 is 2.17 bits per heavy atom. The highest BCUT2D eigenvalue weighted by Crippen LogP contribution is 2.42. The van der Waals surface area contributed by atoms with E-state index in [-0.39, 0.29) is 31.7 Å². The van der Waals surface area contributed by atoms with Gasteiger partial charge in [0.1, 0.15) is 0 Å². The van der Waals surface area contributed by atoms with E-state index in [0.29, 0.717) is 6.04 Å². The van der Waals surface area contributed by atoms with E-state index in [4.69, 9.17) is 0 Å². The standard InChI is InChI=1S/C27H30N2O4S2/c1-19(29-23-6-2-3-7-23)20-11-14-24(15-12-20)34(30,31)25-16-13-22(21-9-10-21)18-26(25)35(32,33)27-8-4-5-17-28-27/h4-5,8,11-19,21,23,29H,2-3,6-7,9-10H2,1H3. The number of nitrogens with zero attached hydrogens (tertiary/aromatic N) is 1. The van der Waals surface area contributed by atoms with Crippen molar-refractivity contribution in [3.8, 4) is 0 Å². The van der Waals surface area contributed by atoms with Gasteiger partial charge in [0, 0.05) is 18.3 Å². The maximum atomic E-state index is 13.7. The molecule has 2 saturated carbocycles. The van der Waals surface area contributed by atoms with Crippen LogP contribution in [0.1, 0.15) is 68.5 Å². The molecule has 3 aromatic rings. The van der Waals surface area contributed by atoms with E-state index in [2.05, 4.69) is 17.2 Å². The number of sulfone groups is 2. The van der Waals surface area contributed by atoms with Crippen LogP contribution in [0, 0.1) is 0 Å². The first kappa shape index (κ1) is 24.2. The fourth-order valence-electron chi connectivity index (χ4n) is 4.85. The van der Waals surface area contributed by atoms with Gasteiger partial charge in [0.15, 0.2) is 5.03 Å². The monoisotopic (exact) mass is 510 g/mol. The molecule has 1 aromatic heterocycles. The number of aromatic nitrogens is 1. The highest BCUT2D eigenvalue weighted by atomic mass is 32.2. The fraction of sp³-hybridized carbons (Fsp3) is 0.370. The fourth-order valence-corrected chi connectivity index (χ4v) is 8.14. The van der Waals surface area contributed by atoms with Crippen LogP contribution in [0.2, 0.25) is 0 Å². The summed E-state index contributed by atoms with van der Waals surface area (Å²) < 4.78 is 54.4. The number of benzene rings is 2. The van der Waals surface area contributed by atoms with Crippen LogP contribution in [-0.2, 0) is 19.7 Å². The molecule has 2 fully saturated rings. The number of rotatable bonds is 8. The molecule has 5 rings (SSSR count). The quantitative estimate of drug-likeness (QED) is 0.447. The summed E-state index contributed by atoms with van der Waals surface area (Å²) in [5.41, 5.74) is 1.85. The van der Waals surface area contributed by atoms with E-state index < -0.39 is 19.7 Å². The van der Waals surface area contributed by atoms with E-state index in [1.54, 1.807) is 30.3 Å². The van der Waals surface area contributed by atoms with Gasteiger partial charge in [-0.25, -0.2) is 21.8 Å². The first-order valence-electron chi connectivity index (χ1n) is 12.2. The summed E-state index contributed by atoms with van der Waals surface area (Å²) in [5, 5.41) is 3.46. The number of hydrogen-bond acceptors (Lipinski definition) is 6. The van der Waals surface area contributed by atoms with Crippen molar-refractivity contribution < 1.29 is 16.8 Å². The van der Waals surface area contributed by atoms with Gasteiger partial charge in [-0.3, -0.25) is 0 Å². The predicted molar refractivity (Wildman–Crippen MR) is 134 cm³/mol. The summed E-state index contributed by atoms with van der Waals surface area (Å²) in [5.74, 6) is 0.276. The molecule has 0 saturated heterocycles. The zero-order valence-electron chi connectivity index (χ0n) is 19.7. The zero-order chi connectivity index (χ0) is 24.6. The van der Waals surface area contributed by atoms with E-state index in [1.165, 1.54) is 50.1 Å². The van der Waals surface area contributed by atoms with Gasteiger partial charge in [0.05, 0.1) is 14.7 Å². The van der Waals surface area contributed by atoms with Crippen LogP contribution in [0.15, 0.2) is 86.6 Å². The zero-order valence-corrected chi connectivity index (χ0v) is 21.4. The summed E-state index contributed by atoms with van der Waals surface area (Å²) in [6, 6.07) is 16.7. The van der Waals surface area contributed by atoms with E-state index in [0.717, 1.165) is 24.0 Å². The van der Waals surface area contributed by atoms with Crippen LogP contribution >= 0.6 is 0 Å². The van der Waals surface area contributed by atoms with Gasteiger partial charge in [-0.15, -0.1) is 0 Å². The minimum Gasteiger partial charge on any atom is -0.307 e. The van der Waals surface area contributed by atoms with Crippen LogP contribution in [0.4, 0.5) is 0 Å². The van der Waals surface area contributed by atoms with Gasteiger partial charge in [0.2, 0.25) is 19.7 Å². The first-order chi connectivity index (χ1) is 16.8. The Morgan fingerprint density at radius 2 is 1.54 bits per heavy atom.